The Morgan fingerprint density at radius 1 is 1.28 bits per heavy atom. The minimum absolute atomic E-state index is 0.00296. The second kappa shape index (κ2) is 7.35. The smallest absolute Gasteiger partial charge is 0.238 e. The SMILES string of the molecule is CCc1ccc(C(CCC2=NC3C(C=NN3C)C(=O)N2)N(C)C)cc1. The molecule has 1 aromatic rings. The van der Waals surface area contributed by atoms with E-state index in [1.165, 1.54) is 11.1 Å². The van der Waals surface area contributed by atoms with Gasteiger partial charge in [-0.25, -0.2) is 4.99 Å². The minimum atomic E-state index is -0.264. The van der Waals surface area contributed by atoms with Gasteiger partial charge in [-0.05, 0) is 38.1 Å². The number of benzene rings is 1. The van der Waals surface area contributed by atoms with Crippen molar-refractivity contribution in [2.24, 2.45) is 16.0 Å². The van der Waals surface area contributed by atoms with Crippen molar-refractivity contribution in [1.82, 2.24) is 15.2 Å². The first-order valence-corrected chi connectivity index (χ1v) is 8.89. The van der Waals surface area contributed by atoms with E-state index in [0.29, 0.717) is 6.04 Å². The summed E-state index contributed by atoms with van der Waals surface area (Å²) < 4.78 is 0. The van der Waals surface area contributed by atoms with Crippen molar-refractivity contribution in [2.75, 3.05) is 21.1 Å². The van der Waals surface area contributed by atoms with E-state index in [9.17, 15) is 4.79 Å². The number of rotatable bonds is 6. The number of hydrazone groups is 1. The van der Waals surface area contributed by atoms with Crippen LogP contribution in [0.15, 0.2) is 34.4 Å². The third-order valence-electron chi connectivity index (χ3n) is 5.02. The molecule has 3 unspecified atom stereocenters. The number of nitrogens with zero attached hydrogens (tertiary/aromatic N) is 4. The van der Waals surface area contributed by atoms with Gasteiger partial charge >= 0.3 is 0 Å². The van der Waals surface area contributed by atoms with E-state index in [4.69, 9.17) is 4.99 Å². The van der Waals surface area contributed by atoms with Crippen LogP contribution >= 0.6 is 0 Å². The maximum Gasteiger partial charge on any atom is 0.238 e. The normalized spacial score (nSPS) is 23.5. The highest BCUT2D eigenvalue weighted by Gasteiger charge is 2.38. The largest absolute Gasteiger partial charge is 0.314 e. The summed E-state index contributed by atoms with van der Waals surface area (Å²) in [5, 5.41) is 8.89. The fraction of sp³-hybridized carbons (Fsp3) is 0.526. The second-order valence-corrected chi connectivity index (χ2v) is 6.96. The molecule has 2 aliphatic rings. The van der Waals surface area contributed by atoms with Gasteiger partial charge in [-0.1, -0.05) is 31.2 Å². The number of amides is 1. The third-order valence-corrected chi connectivity index (χ3v) is 5.02. The second-order valence-electron chi connectivity index (χ2n) is 6.96. The molecule has 0 fully saturated rings. The summed E-state index contributed by atoms with van der Waals surface area (Å²) in [7, 11) is 6.04. The van der Waals surface area contributed by atoms with Crippen LogP contribution < -0.4 is 5.32 Å². The zero-order valence-electron chi connectivity index (χ0n) is 15.4. The summed E-state index contributed by atoms with van der Waals surface area (Å²) in [6.07, 6.45) is 4.18. The molecule has 25 heavy (non-hydrogen) atoms. The Morgan fingerprint density at radius 2 is 2.00 bits per heavy atom. The summed E-state index contributed by atoms with van der Waals surface area (Å²) in [4.78, 5) is 19.1. The molecule has 6 nitrogen and oxygen atoms in total. The molecule has 2 aliphatic heterocycles. The molecule has 134 valence electrons. The minimum Gasteiger partial charge on any atom is -0.314 e. The van der Waals surface area contributed by atoms with Crippen molar-refractivity contribution >= 4 is 18.0 Å². The number of carbonyl (C=O) groups excluding carboxylic acids is 1. The Morgan fingerprint density at radius 3 is 2.64 bits per heavy atom. The molecular weight excluding hydrogens is 314 g/mol. The third kappa shape index (κ3) is 3.74. The molecule has 1 aromatic carbocycles. The molecule has 1 N–H and O–H groups in total. The number of hydrogen-bond donors (Lipinski definition) is 1. The number of amidine groups is 1. The number of aryl methyl sites for hydroxylation is 1. The Labute approximate surface area is 149 Å². The van der Waals surface area contributed by atoms with Gasteiger partial charge in [-0.3, -0.25) is 9.80 Å². The van der Waals surface area contributed by atoms with Crippen molar-refractivity contribution < 1.29 is 4.79 Å². The van der Waals surface area contributed by atoms with E-state index in [1.54, 1.807) is 11.2 Å². The van der Waals surface area contributed by atoms with Crippen LogP contribution in [-0.2, 0) is 11.2 Å². The Hall–Kier alpha value is -2.21. The van der Waals surface area contributed by atoms with Crippen LogP contribution in [0, 0.1) is 5.92 Å². The molecule has 6 heteroatoms. The van der Waals surface area contributed by atoms with Crippen LogP contribution in [-0.4, -0.2) is 55.2 Å². The predicted octanol–water partition coefficient (Wildman–Crippen LogP) is 2.03. The van der Waals surface area contributed by atoms with E-state index in [-0.39, 0.29) is 18.0 Å². The van der Waals surface area contributed by atoms with Crippen LogP contribution in [0.1, 0.15) is 36.9 Å². The summed E-state index contributed by atoms with van der Waals surface area (Å²) in [5.41, 5.74) is 2.64. The molecule has 2 heterocycles. The molecule has 1 amide bonds. The lowest BCUT2D eigenvalue weighted by Gasteiger charge is -2.28. The van der Waals surface area contributed by atoms with Gasteiger partial charge in [0.2, 0.25) is 5.91 Å². The first-order valence-electron chi connectivity index (χ1n) is 8.89. The first-order chi connectivity index (χ1) is 12.0. The number of nitrogens with one attached hydrogen (secondary N) is 1. The lowest BCUT2D eigenvalue weighted by Crippen LogP contribution is -2.48. The molecule has 0 aromatic heterocycles. The molecule has 0 spiro atoms. The lowest BCUT2D eigenvalue weighted by molar-refractivity contribution is -0.123. The van der Waals surface area contributed by atoms with Crippen molar-refractivity contribution in [1.29, 1.82) is 0 Å². The molecule has 0 bridgehead atoms. The zero-order valence-corrected chi connectivity index (χ0v) is 15.4. The van der Waals surface area contributed by atoms with E-state index in [1.807, 2.05) is 7.05 Å². The number of hydrogen-bond acceptors (Lipinski definition) is 5. The molecule has 0 aliphatic carbocycles. The van der Waals surface area contributed by atoms with E-state index < -0.39 is 0 Å². The van der Waals surface area contributed by atoms with Gasteiger partial charge < -0.3 is 10.2 Å². The van der Waals surface area contributed by atoms with Crippen molar-refractivity contribution in [3.05, 3.63) is 35.4 Å². The van der Waals surface area contributed by atoms with Crippen LogP contribution in [0.25, 0.3) is 0 Å². The van der Waals surface area contributed by atoms with Crippen LogP contribution in [0.4, 0.5) is 0 Å². The topological polar surface area (TPSA) is 60.3 Å². The monoisotopic (exact) mass is 341 g/mol. The number of carbonyl (C=O) groups is 1. The molecular formula is C19H27N5O. The average Bonchev–Trinajstić information content (AvgIpc) is 2.97. The molecule has 0 saturated carbocycles. The summed E-state index contributed by atoms with van der Waals surface area (Å²) in [6, 6.07) is 9.10. The number of aliphatic imine (C=N–C) groups is 1. The highest BCUT2D eigenvalue weighted by molar-refractivity contribution is 6.07. The summed E-state index contributed by atoms with van der Waals surface area (Å²) in [6.45, 7) is 2.17. The van der Waals surface area contributed by atoms with Crippen molar-refractivity contribution in [3.63, 3.8) is 0 Å². The van der Waals surface area contributed by atoms with Crippen LogP contribution in [0.5, 0.6) is 0 Å². The van der Waals surface area contributed by atoms with E-state index in [0.717, 1.165) is 25.1 Å². The predicted molar refractivity (Wildman–Crippen MR) is 101 cm³/mol. The summed E-state index contributed by atoms with van der Waals surface area (Å²) in [5.74, 6) is 0.498. The molecule has 3 rings (SSSR count). The van der Waals surface area contributed by atoms with Gasteiger partial charge in [-0.2, -0.15) is 5.10 Å². The van der Waals surface area contributed by atoms with Crippen LogP contribution in [0.2, 0.25) is 0 Å². The van der Waals surface area contributed by atoms with Gasteiger partial charge in [0.1, 0.15) is 11.8 Å². The van der Waals surface area contributed by atoms with Gasteiger partial charge in [-0.15, -0.1) is 0 Å². The highest BCUT2D eigenvalue weighted by Crippen LogP contribution is 2.26. The summed E-state index contributed by atoms with van der Waals surface area (Å²) >= 11 is 0. The fourth-order valence-electron chi connectivity index (χ4n) is 3.44. The van der Waals surface area contributed by atoms with Gasteiger partial charge in [0.25, 0.3) is 0 Å². The van der Waals surface area contributed by atoms with Gasteiger partial charge in [0.05, 0.1) is 0 Å². The lowest BCUT2D eigenvalue weighted by atomic mass is 9.98. The van der Waals surface area contributed by atoms with E-state index in [2.05, 4.69) is 60.6 Å². The maximum atomic E-state index is 12.2. The Balaban J connectivity index is 1.69. The van der Waals surface area contributed by atoms with Gasteiger partial charge in [0.15, 0.2) is 6.17 Å². The van der Waals surface area contributed by atoms with Crippen molar-refractivity contribution in [2.45, 2.75) is 38.4 Å². The van der Waals surface area contributed by atoms with Crippen LogP contribution in [0.3, 0.4) is 0 Å². The molecule has 3 atom stereocenters. The first kappa shape index (κ1) is 17.6. The average molecular weight is 341 g/mol. The van der Waals surface area contributed by atoms with Crippen molar-refractivity contribution in [3.8, 4) is 0 Å². The number of fused-ring (bicyclic) bond motifs is 1. The molecule has 0 radical (unpaired) electrons. The zero-order chi connectivity index (χ0) is 18.0. The Kier molecular flexibility index (Phi) is 5.18. The maximum absolute atomic E-state index is 12.2. The highest BCUT2D eigenvalue weighted by atomic mass is 16.2. The fourth-order valence-corrected chi connectivity index (χ4v) is 3.44. The quantitative estimate of drug-likeness (QED) is 0.861. The molecule has 0 saturated heterocycles. The van der Waals surface area contributed by atoms with Gasteiger partial charge in [0, 0.05) is 25.7 Å². The Bertz CT molecular complexity index is 680. The standard InChI is InChI=1S/C19H27N5O/c1-5-13-6-8-14(9-7-13)16(23(2)3)10-11-17-21-18-15(19(25)22-17)12-20-24(18)4/h6-9,12,15-16,18H,5,10-11H2,1-4H3,(H,21,22,25). The van der Waals surface area contributed by atoms with E-state index >= 15 is 0 Å².